The molecule has 0 aliphatic rings. The summed E-state index contributed by atoms with van der Waals surface area (Å²) in [7, 11) is 0. The van der Waals surface area contributed by atoms with E-state index in [0.717, 1.165) is 25.9 Å². The SMILES string of the molecule is CCCCCCCCCC(=O)OCCOCCCCCCI. The maximum Gasteiger partial charge on any atom is 0.305 e. The molecule has 0 atom stereocenters. The van der Waals surface area contributed by atoms with Gasteiger partial charge in [0.2, 0.25) is 0 Å². The highest BCUT2D eigenvalue weighted by Gasteiger charge is 2.02. The number of hydrogen-bond donors (Lipinski definition) is 0. The molecule has 4 heteroatoms. The minimum Gasteiger partial charge on any atom is -0.463 e. The summed E-state index contributed by atoms with van der Waals surface area (Å²) in [6.45, 7) is 3.96. The molecule has 3 nitrogen and oxygen atoms in total. The summed E-state index contributed by atoms with van der Waals surface area (Å²) in [4.78, 5) is 11.5. The summed E-state index contributed by atoms with van der Waals surface area (Å²) in [5, 5.41) is 0. The van der Waals surface area contributed by atoms with Crippen molar-refractivity contribution in [2.24, 2.45) is 0 Å². The van der Waals surface area contributed by atoms with Gasteiger partial charge in [0, 0.05) is 13.0 Å². The molecule has 0 saturated carbocycles. The van der Waals surface area contributed by atoms with Crippen LogP contribution in [-0.4, -0.2) is 30.2 Å². The number of ether oxygens (including phenoxy) is 2. The Morgan fingerprint density at radius 3 is 2.14 bits per heavy atom. The summed E-state index contributed by atoms with van der Waals surface area (Å²) >= 11 is 2.41. The van der Waals surface area contributed by atoms with Gasteiger partial charge in [0.15, 0.2) is 0 Å². The fourth-order valence-electron chi connectivity index (χ4n) is 2.27. The third kappa shape index (κ3) is 18.2. The van der Waals surface area contributed by atoms with Crippen molar-refractivity contribution >= 4 is 28.6 Å². The minimum absolute atomic E-state index is 0.0702. The molecule has 0 aromatic heterocycles. The Balaban J connectivity index is 3.13. The van der Waals surface area contributed by atoms with Gasteiger partial charge in [0.25, 0.3) is 0 Å². The van der Waals surface area contributed by atoms with Gasteiger partial charge in [-0.3, -0.25) is 4.79 Å². The molecule has 0 rings (SSSR count). The Hall–Kier alpha value is 0.160. The molecule has 0 aliphatic carbocycles. The lowest BCUT2D eigenvalue weighted by Gasteiger charge is -2.06. The maximum atomic E-state index is 11.5. The van der Waals surface area contributed by atoms with Crippen molar-refractivity contribution in [3.05, 3.63) is 0 Å². The molecule has 0 aliphatic heterocycles. The molecule has 0 spiro atoms. The Kier molecular flexibility index (Phi) is 19.3. The topological polar surface area (TPSA) is 35.5 Å². The Bertz CT molecular complexity index is 234. The predicted octanol–water partition coefficient (Wildman–Crippen LogP) is 5.68. The van der Waals surface area contributed by atoms with E-state index < -0.39 is 0 Å². The average Bonchev–Trinajstić information content (AvgIpc) is 2.52. The number of esters is 1. The third-order valence-corrected chi connectivity index (χ3v) is 4.41. The number of unbranched alkanes of at least 4 members (excludes halogenated alkanes) is 9. The van der Waals surface area contributed by atoms with E-state index in [1.165, 1.54) is 55.8 Å². The van der Waals surface area contributed by atoms with E-state index >= 15 is 0 Å². The molecule has 0 heterocycles. The first-order valence-corrected chi connectivity index (χ1v) is 10.6. The van der Waals surface area contributed by atoms with Crippen molar-refractivity contribution in [1.29, 1.82) is 0 Å². The molecule has 0 aromatic carbocycles. The quantitative estimate of drug-likeness (QED) is 0.130. The zero-order valence-corrected chi connectivity index (χ0v) is 16.6. The zero-order valence-electron chi connectivity index (χ0n) is 14.4. The molecule has 0 N–H and O–H groups in total. The van der Waals surface area contributed by atoms with Gasteiger partial charge in [-0.1, -0.05) is 80.9 Å². The molecule has 22 heavy (non-hydrogen) atoms. The van der Waals surface area contributed by atoms with E-state index in [4.69, 9.17) is 9.47 Å². The van der Waals surface area contributed by atoms with E-state index in [9.17, 15) is 4.79 Å². The minimum atomic E-state index is -0.0702. The Labute approximate surface area is 151 Å². The molecule has 0 fully saturated rings. The van der Waals surface area contributed by atoms with Crippen LogP contribution in [0.3, 0.4) is 0 Å². The second kappa shape index (κ2) is 19.2. The van der Waals surface area contributed by atoms with Gasteiger partial charge in [-0.05, 0) is 23.7 Å². The third-order valence-electron chi connectivity index (χ3n) is 3.65. The van der Waals surface area contributed by atoms with E-state index in [2.05, 4.69) is 29.5 Å². The molecule has 0 unspecified atom stereocenters. The highest BCUT2D eigenvalue weighted by molar-refractivity contribution is 14.1. The number of alkyl halides is 1. The van der Waals surface area contributed by atoms with Gasteiger partial charge in [0.1, 0.15) is 6.61 Å². The molecule has 132 valence electrons. The number of carbonyl (C=O) groups excluding carboxylic acids is 1. The lowest BCUT2D eigenvalue weighted by molar-refractivity contribution is -0.145. The van der Waals surface area contributed by atoms with E-state index in [-0.39, 0.29) is 5.97 Å². The first-order valence-electron chi connectivity index (χ1n) is 9.10. The number of carbonyl (C=O) groups is 1. The Morgan fingerprint density at radius 1 is 0.773 bits per heavy atom. The monoisotopic (exact) mass is 426 g/mol. The highest BCUT2D eigenvalue weighted by atomic mass is 127. The summed E-state index contributed by atoms with van der Waals surface area (Å²) in [5.74, 6) is -0.0702. The van der Waals surface area contributed by atoms with Crippen LogP contribution in [0.25, 0.3) is 0 Å². The maximum absolute atomic E-state index is 11.5. The van der Waals surface area contributed by atoms with Crippen LogP contribution >= 0.6 is 22.6 Å². The average molecular weight is 426 g/mol. The molecule has 0 bridgehead atoms. The van der Waals surface area contributed by atoms with Gasteiger partial charge < -0.3 is 9.47 Å². The van der Waals surface area contributed by atoms with Gasteiger partial charge in [-0.2, -0.15) is 0 Å². The molecule has 0 amide bonds. The standard InChI is InChI=1S/C18H35IO3/c1-2-3-4-5-6-7-10-13-18(20)22-17-16-21-15-12-9-8-11-14-19/h2-17H2,1H3. The van der Waals surface area contributed by atoms with Crippen LogP contribution in [0.2, 0.25) is 0 Å². The van der Waals surface area contributed by atoms with E-state index in [1.807, 2.05) is 0 Å². The second-order valence-electron chi connectivity index (χ2n) is 5.81. The molecule has 0 aromatic rings. The molecule has 0 saturated heterocycles. The second-order valence-corrected chi connectivity index (χ2v) is 6.89. The first-order chi connectivity index (χ1) is 10.8. The largest absolute Gasteiger partial charge is 0.463 e. The van der Waals surface area contributed by atoms with Crippen LogP contribution in [0.4, 0.5) is 0 Å². The fourth-order valence-corrected chi connectivity index (χ4v) is 2.81. The van der Waals surface area contributed by atoms with Crippen molar-refractivity contribution in [2.45, 2.75) is 84.0 Å². The molecule has 0 radical (unpaired) electrons. The fraction of sp³-hybridized carbons (Fsp3) is 0.944. The van der Waals surface area contributed by atoms with Crippen LogP contribution in [0.5, 0.6) is 0 Å². The normalized spacial score (nSPS) is 10.8. The van der Waals surface area contributed by atoms with Crippen molar-refractivity contribution in [2.75, 3.05) is 24.2 Å². The van der Waals surface area contributed by atoms with Crippen LogP contribution in [0.1, 0.15) is 84.0 Å². The van der Waals surface area contributed by atoms with Crippen molar-refractivity contribution in [3.63, 3.8) is 0 Å². The first kappa shape index (κ1) is 22.2. The van der Waals surface area contributed by atoms with Crippen LogP contribution in [0.15, 0.2) is 0 Å². The Morgan fingerprint density at radius 2 is 1.41 bits per heavy atom. The van der Waals surface area contributed by atoms with Crippen molar-refractivity contribution in [1.82, 2.24) is 0 Å². The lowest BCUT2D eigenvalue weighted by atomic mass is 10.1. The summed E-state index contributed by atoms with van der Waals surface area (Å²) in [6, 6.07) is 0. The molecular formula is C18H35IO3. The predicted molar refractivity (Wildman–Crippen MR) is 102 cm³/mol. The van der Waals surface area contributed by atoms with Gasteiger partial charge in [0.05, 0.1) is 6.61 Å². The summed E-state index contributed by atoms with van der Waals surface area (Å²) in [6.07, 6.45) is 14.1. The van der Waals surface area contributed by atoms with E-state index in [0.29, 0.717) is 19.6 Å². The van der Waals surface area contributed by atoms with Crippen molar-refractivity contribution < 1.29 is 14.3 Å². The van der Waals surface area contributed by atoms with Crippen LogP contribution < -0.4 is 0 Å². The summed E-state index contributed by atoms with van der Waals surface area (Å²) in [5.41, 5.74) is 0. The van der Waals surface area contributed by atoms with Crippen molar-refractivity contribution in [3.8, 4) is 0 Å². The summed E-state index contributed by atoms with van der Waals surface area (Å²) < 4.78 is 11.9. The number of rotatable bonds is 17. The number of hydrogen-bond acceptors (Lipinski definition) is 3. The van der Waals surface area contributed by atoms with Crippen LogP contribution in [0, 0.1) is 0 Å². The number of halogens is 1. The molecular weight excluding hydrogens is 391 g/mol. The smallest absolute Gasteiger partial charge is 0.305 e. The van der Waals surface area contributed by atoms with Gasteiger partial charge in [-0.15, -0.1) is 0 Å². The zero-order chi connectivity index (χ0) is 16.3. The van der Waals surface area contributed by atoms with Gasteiger partial charge in [-0.25, -0.2) is 0 Å². The van der Waals surface area contributed by atoms with E-state index in [1.54, 1.807) is 0 Å². The van der Waals surface area contributed by atoms with Gasteiger partial charge >= 0.3 is 5.97 Å². The highest BCUT2D eigenvalue weighted by Crippen LogP contribution is 2.08. The lowest BCUT2D eigenvalue weighted by Crippen LogP contribution is -2.10. The van der Waals surface area contributed by atoms with Crippen LogP contribution in [-0.2, 0) is 14.3 Å².